The minimum atomic E-state index is -0.191. The minimum Gasteiger partial charge on any atom is -0.325 e. The van der Waals surface area contributed by atoms with E-state index in [-0.39, 0.29) is 18.4 Å². The Morgan fingerprint density at radius 1 is 1.17 bits per heavy atom. The van der Waals surface area contributed by atoms with E-state index in [9.17, 15) is 9.59 Å². The molecule has 23 heavy (non-hydrogen) atoms. The Bertz CT molecular complexity index is 773. The Hall–Kier alpha value is -2.27. The number of fused-ring (bicyclic) bond motifs is 1. The summed E-state index contributed by atoms with van der Waals surface area (Å²) < 4.78 is 0. The molecule has 0 atom stereocenters. The molecule has 1 aliphatic heterocycles. The fourth-order valence-electron chi connectivity index (χ4n) is 2.49. The number of benzene rings is 2. The van der Waals surface area contributed by atoms with Crippen LogP contribution in [0.1, 0.15) is 11.1 Å². The van der Waals surface area contributed by atoms with Crippen molar-refractivity contribution in [2.24, 2.45) is 0 Å². The van der Waals surface area contributed by atoms with Gasteiger partial charge in [-0.25, -0.2) is 0 Å². The lowest BCUT2D eigenvalue weighted by atomic mass is 10.1. The highest BCUT2D eigenvalue weighted by molar-refractivity contribution is 8.00. The van der Waals surface area contributed by atoms with E-state index in [4.69, 9.17) is 0 Å². The molecular formula is C18H18N2O2S. The van der Waals surface area contributed by atoms with Crippen molar-refractivity contribution in [3.63, 3.8) is 0 Å². The zero-order valence-electron chi connectivity index (χ0n) is 13.1. The Balaban J connectivity index is 1.75. The van der Waals surface area contributed by atoms with E-state index in [2.05, 4.69) is 5.32 Å². The maximum absolute atomic E-state index is 12.3. The highest BCUT2D eigenvalue weighted by Gasteiger charge is 2.26. The number of amides is 2. The van der Waals surface area contributed by atoms with Gasteiger partial charge in [0.2, 0.25) is 11.8 Å². The van der Waals surface area contributed by atoms with E-state index in [1.807, 2.05) is 56.3 Å². The van der Waals surface area contributed by atoms with Gasteiger partial charge in [-0.1, -0.05) is 18.2 Å². The van der Waals surface area contributed by atoms with Crippen molar-refractivity contribution in [2.75, 3.05) is 22.5 Å². The summed E-state index contributed by atoms with van der Waals surface area (Å²) in [6.45, 7) is 4.07. The molecule has 2 amide bonds. The van der Waals surface area contributed by atoms with Crippen LogP contribution in [0, 0.1) is 13.8 Å². The SMILES string of the molecule is Cc1ccc(NC(=O)CN2C(=O)CSc3ccccc32)cc1C. The summed E-state index contributed by atoms with van der Waals surface area (Å²) in [6.07, 6.45) is 0. The maximum Gasteiger partial charge on any atom is 0.244 e. The topological polar surface area (TPSA) is 49.4 Å². The van der Waals surface area contributed by atoms with E-state index in [0.29, 0.717) is 5.75 Å². The molecule has 2 aromatic rings. The van der Waals surface area contributed by atoms with Crippen LogP contribution in [-0.4, -0.2) is 24.1 Å². The van der Waals surface area contributed by atoms with E-state index < -0.39 is 0 Å². The van der Waals surface area contributed by atoms with Gasteiger partial charge in [-0.05, 0) is 49.2 Å². The molecule has 0 aliphatic carbocycles. The predicted molar refractivity (Wildman–Crippen MR) is 94.1 cm³/mol. The molecule has 0 fully saturated rings. The first kappa shape index (κ1) is 15.6. The van der Waals surface area contributed by atoms with Crippen molar-refractivity contribution in [2.45, 2.75) is 18.7 Å². The summed E-state index contributed by atoms with van der Waals surface area (Å²) in [6, 6.07) is 13.5. The summed E-state index contributed by atoms with van der Waals surface area (Å²) >= 11 is 1.51. The quantitative estimate of drug-likeness (QED) is 0.941. The lowest BCUT2D eigenvalue weighted by Gasteiger charge is -2.28. The Kier molecular flexibility index (Phi) is 4.39. The van der Waals surface area contributed by atoms with Gasteiger partial charge in [0.05, 0.1) is 11.4 Å². The molecule has 0 unspecified atom stereocenters. The molecule has 1 aliphatic rings. The number of para-hydroxylation sites is 1. The number of anilines is 2. The van der Waals surface area contributed by atoms with Crippen molar-refractivity contribution in [3.8, 4) is 0 Å². The van der Waals surface area contributed by atoms with Gasteiger partial charge in [0.15, 0.2) is 0 Å². The smallest absolute Gasteiger partial charge is 0.244 e. The van der Waals surface area contributed by atoms with Crippen LogP contribution in [0.5, 0.6) is 0 Å². The summed E-state index contributed by atoms with van der Waals surface area (Å²) in [5.74, 6) is 0.140. The molecule has 1 heterocycles. The van der Waals surface area contributed by atoms with Crippen molar-refractivity contribution < 1.29 is 9.59 Å². The summed E-state index contributed by atoms with van der Waals surface area (Å²) in [5.41, 5.74) is 3.87. The van der Waals surface area contributed by atoms with Crippen LogP contribution in [0.4, 0.5) is 11.4 Å². The van der Waals surface area contributed by atoms with Crippen molar-refractivity contribution >= 4 is 35.0 Å². The highest BCUT2D eigenvalue weighted by atomic mass is 32.2. The fourth-order valence-corrected chi connectivity index (χ4v) is 3.43. The molecule has 118 valence electrons. The van der Waals surface area contributed by atoms with Crippen LogP contribution in [-0.2, 0) is 9.59 Å². The van der Waals surface area contributed by atoms with Crippen molar-refractivity contribution in [1.82, 2.24) is 0 Å². The highest BCUT2D eigenvalue weighted by Crippen LogP contribution is 2.34. The third kappa shape index (κ3) is 3.40. The van der Waals surface area contributed by atoms with Crippen LogP contribution < -0.4 is 10.2 Å². The number of carbonyl (C=O) groups is 2. The molecule has 0 saturated heterocycles. The Morgan fingerprint density at radius 3 is 2.74 bits per heavy atom. The molecular weight excluding hydrogens is 308 g/mol. The molecule has 0 radical (unpaired) electrons. The zero-order valence-corrected chi connectivity index (χ0v) is 13.9. The first-order valence-electron chi connectivity index (χ1n) is 7.44. The molecule has 4 nitrogen and oxygen atoms in total. The van der Waals surface area contributed by atoms with Crippen molar-refractivity contribution in [3.05, 3.63) is 53.6 Å². The normalized spacial score (nSPS) is 13.7. The fraction of sp³-hybridized carbons (Fsp3) is 0.222. The molecule has 2 aromatic carbocycles. The van der Waals surface area contributed by atoms with Crippen LogP contribution in [0.2, 0.25) is 0 Å². The van der Waals surface area contributed by atoms with Crippen LogP contribution in [0.15, 0.2) is 47.4 Å². The van der Waals surface area contributed by atoms with E-state index in [1.165, 1.54) is 17.3 Å². The maximum atomic E-state index is 12.3. The van der Waals surface area contributed by atoms with Crippen LogP contribution >= 0.6 is 11.8 Å². The van der Waals surface area contributed by atoms with Gasteiger partial charge in [0.1, 0.15) is 6.54 Å². The van der Waals surface area contributed by atoms with Crippen LogP contribution in [0.25, 0.3) is 0 Å². The van der Waals surface area contributed by atoms with Gasteiger partial charge >= 0.3 is 0 Å². The number of thioether (sulfide) groups is 1. The van der Waals surface area contributed by atoms with Crippen LogP contribution in [0.3, 0.4) is 0 Å². The molecule has 3 rings (SSSR count). The molecule has 1 N–H and O–H groups in total. The number of carbonyl (C=O) groups excluding carboxylic acids is 2. The average molecular weight is 326 g/mol. The Labute approximate surface area is 139 Å². The average Bonchev–Trinajstić information content (AvgIpc) is 2.54. The van der Waals surface area contributed by atoms with Crippen molar-refractivity contribution in [1.29, 1.82) is 0 Å². The third-order valence-corrected chi connectivity index (χ3v) is 4.95. The Morgan fingerprint density at radius 2 is 1.96 bits per heavy atom. The molecule has 0 spiro atoms. The second-order valence-corrected chi connectivity index (χ2v) is 6.60. The molecule has 5 heteroatoms. The van der Waals surface area contributed by atoms with E-state index in [0.717, 1.165) is 21.8 Å². The predicted octanol–water partition coefficient (Wildman–Crippen LogP) is 3.38. The number of nitrogens with zero attached hydrogens (tertiary/aromatic N) is 1. The third-order valence-electron chi connectivity index (χ3n) is 3.90. The zero-order chi connectivity index (χ0) is 16.4. The summed E-state index contributed by atoms with van der Waals surface area (Å²) in [7, 11) is 0. The molecule has 0 aromatic heterocycles. The summed E-state index contributed by atoms with van der Waals surface area (Å²) in [4.78, 5) is 27.1. The van der Waals surface area contributed by atoms with E-state index >= 15 is 0 Å². The first-order chi connectivity index (χ1) is 11.0. The summed E-state index contributed by atoms with van der Waals surface area (Å²) in [5, 5.41) is 2.87. The minimum absolute atomic E-state index is 0.0311. The van der Waals surface area contributed by atoms with E-state index in [1.54, 1.807) is 4.90 Å². The number of hydrogen-bond acceptors (Lipinski definition) is 3. The second-order valence-electron chi connectivity index (χ2n) is 5.58. The number of rotatable bonds is 3. The van der Waals surface area contributed by atoms with Gasteiger partial charge in [0.25, 0.3) is 0 Å². The number of nitrogens with one attached hydrogen (secondary N) is 1. The van der Waals surface area contributed by atoms with Gasteiger partial charge < -0.3 is 10.2 Å². The second kappa shape index (κ2) is 6.46. The van der Waals surface area contributed by atoms with Gasteiger partial charge in [0, 0.05) is 10.6 Å². The van der Waals surface area contributed by atoms with Gasteiger partial charge in [-0.2, -0.15) is 0 Å². The molecule has 0 saturated carbocycles. The number of aryl methyl sites for hydroxylation is 2. The number of hydrogen-bond donors (Lipinski definition) is 1. The molecule has 0 bridgehead atoms. The lowest BCUT2D eigenvalue weighted by molar-refractivity contribution is -0.120. The monoisotopic (exact) mass is 326 g/mol. The van der Waals surface area contributed by atoms with Gasteiger partial charge in [-0.15, -0.1) is 11.8 Å². The largest absolute Gasteiger partial charge is 0.325 e. The standard InChI is InChI=1S/C18H18N2O2S/c1-12-7-8-14(9-13(12)2)19-17(21)10-20-15-5-3-4-6-16(15)23-11-18(20)22/h3-9H,10-11H2,1-2H3,(H,19,21). The lowest BCUT2D eigenvalue weighted by Crippen LogP contribution is -2.41. The first-order valence-corrected chi connectivity index (χ1v) is 8.42. The van der Waals surface area contributed by atoms with Gasteiger partial charge in [-0.3, -0.25) is 9.59 Å².